The Balaban J connectivity index is 1.48. The molecule has 1 aromatic heterocycles. The molecule has 1 radical (unpaired) electrons. The molecule has 1 fully saturated rings. The number of anilines is 1. The SMILES string of the molecule is [CH2]c1ccc(C(F)(F)F)c(F)c1N1CCC(c2cn(Cc3cccc(F)c3)c3ccccc23)C1. The smallest absolute Gasteiger partial charge is 0.368 e. The lowest BCUT2D eigenvalue weighted by molar-refractivity contribution is -0.139. The number of fused-ring (bicyclic) bond motifs is 1. The highest BCUT2D eigenvalue weighted by molar-refractivity contribution is 5.85. The van der Waals surface area contributed by atoms with E-state index >= 15 is 0 Å². The molecule has 3 aromatic carbocycles. The van der Waals surface area contributed by atoms with E-state index in [9.17, 15) is 22.0 Å². The van der Waals surface area contributed by atoms with Gasteiger partial charge in [0, 0.05) is 42.7 Å². The third-order valence-electron chi connectivity index (χ3n) is 6.51. The quantitative estimate of drug-likeness (QED) is 0.288. The zero-order chi connectivity index (χ0) is 24.0. The Morgan fingerprint density at radius 3 is 2.53 bits per heavy atom. The van der Waals surface area contributed by atoms with Gasteiger partial charge < -0.3 is 9.47 Å². The first-order valence-electron chi connectivity index (χ1n) is 11.0. The van der Waals surface area contributed by atoms with Gasteiger partial charge in [0.25, 0.3) is 0 Å². The highest BCUT2D eigenvalue weighted by Crippen LogP contribution is 2.41. The molecule has 0 spiro atoms. The van der Waals surface area contributed by atoms with Crippen molar-refractivity contribution in [2.75, 3.05) is 18.0 Å². The molecule has 1 aliphatic rings. The Bertz CT molecular complexity index is 1360. The highest BCUT2D eigenvalue weighted by atomic mass is 19.4. The van der Waals surface area contributed by atoms with E-state index < -0.39 is 17.6 Å². The topological polar surface area (TPSA) is 8.17 Å². The summed E-state index contributed by atoms with van der Waals surface area (Å²) in [7, 11) is 0. The lowest BCUT2D eigenvalue weighted by Crippen LogP contribution is -2.23. The number of alkyl halides is 3. The molecular formula is C27H22F5N2. The van der Waals surface area contributed by atoms with E-state index in [1.165, 1.54) is 18.2 Å². The normalized spacial score (nSPS) is 16.5. The molecule has 1 atom stereocenters. The van der Waals surface area contributed by atoms with Crippen molar-refractivity contribution >= 4 is 16.6 Å². The molecule has 2 nitrogen and oxygen atoms in total. The molecule has 2 heterocycles. The Morgan fingerprint density at radius 2 is 1.76 bits per heavy atom. The minimum Gasteiger partial charge on any atom is -0.368 e. The highest BCUT2D eigenvalue weighted by Gasteiger charge is 2.37. The fourth-order valence-electron chi connectivity index (χ4n) is 4.95. The summed E-state index contributed by atoms with van der Waals surface area (Å²) in [5.41, 5.74) is 1.74. The van der Waals surface area contributed by atoms with E-state index in [0.29, 0.717) is 26.1 Å². The largest absolute Gasteiger partial charge is 0.419 e. The number of halogens is 5. The van der Waals surface area contributed by atoms with E-state index in [1.807, 2.05) is 36.5 Å². The average Bonchev–Trinajstić information content (AvgIpc) is 3.38. The zero-order valence-electron chi connectivity index (χ0n) is 18.2. The number of hydrogen-bond donors (Lipinski definition) is 0. The third-order valence-corrected chi connectivity index (χ3v) is 6.51. The number of nitrogens with zero attached hydrogens (tertiary/aromatic N) is 2. The molecule has 1 aliphatic heterocycles. The van der Waals surface area contributed by atoms with Gasteiger partial charge in [-0.1, -0.05) is 36.4 Å². The van der Waals surface area contributed by atoms with E-state index in [2.05, 4.69) is 11.5 Å². The third kappa shape index (κ3) is 4.04. The molecular weight excluding hydrogens is 447 g/mol. The van der Waals surface area contributed by atoms with Gasteiger partial charge >= 0.3 is 6.18 Å². The molecule has 175 valence electrons. The molecule has 0 bridgehead atoms. The van der Waals surface area contributed by atoms with Crippen LogP contribution in [0.15, 0.2) is 66.9 Å². The van der Waals surface area contributed by atoms with Crippen LogP contribution in [0, 0.1) is 18.6 Å². The Morgan fingerprint density at radius 1 is 0.971 bits per heavy atom. The zero-order valence-corrected chi connectivity index (χ0v) is 18.2. The maximum absolute atomic E-state index is 14.9. The van der Waals surface area contributed by atoms with E-state index in [-0.39, 0.29) is 23.0 Å². The van der Waals surface area contributed by atoms with Gasteiger partial charge in [-0.25, -0.2) is 8.78 Å². The van der Waals surface area contributed by atoms with Crippen LogP contribution in [-0.2, 0) is 12.7 Å². The van der Waals surface area contributed by atoms with Crippen LogP contribution in [-0.4, -0.2) is 17.7 Å². The molecule has 1 saturated heterocycles. The maximum Gasteiger partial charge on any atom is 0.419 e. The van der Waals surface area contributed by atoms with E-state index in [1.54, 1.807) is 11.0 Å². The van der Waals surface area contributed by atoms with Crippen molar-refractivity contribution in [2.24, 2.45) is 0 Å². The second-order valence-electron chi connectivity index (χ2n) is 8.72. The van der Waals surface area contributed by atoms with Gasteiger partial charge in [-0.05, 0) is 54.3 Å². The molecule has 5 rings (SSSR count). The Kier molecular flexibility index (Phi) is 5.58. The number of para-hydroxylation sites is 1. The Labute approximate surface area is 194 Å². The summed E-state index contributed by atoms with van der Waals surface area (Å²) in [6.45, 7) is 5.07. The van der Waals surface area contributed by atoms with Crippen LogP contribution in [0.2, 0.25) is 0 Å². The van der Waals surface area contributed by atoms with Gasteiger partial charge in [0.2, 0.25) is 0 Å². The molecule has 0 saturated carbocycles. The first-order valence-corrected chi connectivity index (χ1v) is 11.0. The van der Waals surface area contributed by atoms with Gasteiger partial charge in [0.1, 0.15) is 5.82 Å². The van der Waals surface area contributed by atoms with Crippen LogP contribution in [0.1, 0.15) is 34.6 Å². The minimum absolute atomic E-state index is 0.00648. The Hall–Kier alpha value is -3.35. The summed E-state index contributed by atoms with van der Waals surface area (Å²) in [6.07, 6.45) is -2.07. The van der Waals surface area contributed by atoms with Crippen molar-refractivity contribution in [1.29, 1.82) is 0 Å². The van der Waals surface area contributed by atoms with Crippen molar-refractivity contribution in [3.8, 4) is 0 Å². The summed E-state index contributed by atoms with van der Waals surface area (Å²) in [4.78, 5) is 1.66. The van der Waals surface area contributed by atoms with Crippen molar-refractivity contribution in [3.05, 3.63) is 108 Å². The van der Waals surface area contributed by atoms with Crippen molar-refractivity contribution in [2.45, 2.75) is 25.1 Å². The molecule has 0 aliphatic carbocycles. The summed E-state index contributed by atoms with van der Waals surface area (Å²) < 4.78 is 70.4. The van der Waals surface area contributed by atoms with Crippen LogP contribution in [0.5, 0.6) is 0 Å². The van der Waals surface area contributed by atoms with Crippen LogP contribution < -0.4 is 4.90 Å². The van der Waals surface area contributed by atoms with Gasteiger partial charge in [0.15, 0.2) is 5.82 Å². The van der Waals surface area contributed by atoms with Crippen LogP contribution in [0.4, 0.5) is 27.6 Å². The van der Waals surface area contributed by atoms with Crippen molar-refractivity contribution in [1.82, 2.24) is 4.57 Å². The summed E-state index contributed by atoms with van der Waals surface area (Å²) in [5.74, 6) is -1.56. The number of benzene rings is 3. The molecule has 1 unspecified atom stereocenters. The van der Waals surface area contributed by atoms with E-state index in [0.717, 1.165) is 28.1 Å². The van der Waals surface area contributed by atoms with E-state index in [4.69, 9.17) is 0 Å². The summed E-state index contributed by atoms with van der Waals surface area (Å²) in [6, 6.07) is 16.3. The molecule has 7 heteroatoms. The number of rotatable bonds is 4. The van der Waals surface area contributed by atoms with Crippen molar-refractivity contribution in [3.63, 3.8) is 0 Å². The lowest BCUT2D eigenvalue weighted by atomic mass is 9.98. The second kappa shape index (κ2) is 8.46. The van der Waals surface area contributed by atoms with Crippen LogP contribution in [0.3, 0.4) is 0 Å². The van der Waals surface area contributed by atoms with Gasteiger partial charge in [-0.15, -0.1) is 0 Å². The summed E-state index contributed by atoms with van der Waals surface area (Å²) >= 11 is 0. The monoisotopic (exact) mass is 469 g/mol. The second-order valence-corrected chi connectivity index (χ2v) is 8.72. The molecule has 0 N–H and O–H groups in total. The number of aromatic nitrogens is 1. The first-order chi connectivity index (χ1) is 16.2. The standard InChI is InChI=1S/C27H22F5N2/c1-17-9-10-23(27(30,31)32)25(29)26(17)33-12-11-19(15-33)22-16-34(24-8-3-2-7-21(22)24)14-18-5-4-6-20(28)13-18/h2-10,13,16,19H,1,11-12,14-15H2. The first kappa shape index (κ1) is 22.4. The van der Waals surface area contributed by atoms with Gasteiger partial charge in [0.05, 0.1) is 11.3 Å². The minimum atomic E-state index is -4.77. The average molecular weight is 469 g/mol. The van der Waals surface area contributed by atoms with Crippen molar-refractivity contribution < 1.29 is 22.0 Å². The fourth-order valence-corrected chi connectivity index (χ4v) is 4.95. The lowest BCUT2D eigenvalue weighted by Gasteiger charge is -2.23. The molecule has 0 amide bonds. The number of hydrogen-bond acceptors (Lipinski definition) is 1. The van der Waals surface area contributed by atoms with Gasteiger partial charge in [-0.2, -0.15) is 13.2 Å². The van der Waals surface area contributed by atoms with Gasteiger partial charge in [-0.3, -0.25) is 0 Å². The predicted molar refractivity (Wildman–Crippen MR) is 123 cm³/mol. The molecule has 4 aromatic rings. The summed E-state index contributed by atoms with van der Waals surface area (Å²) in [5, 5.41) is 1.03. The fraction of sp³-hybridized carbons (Fsp3) is 0.222. The predicted octanol–water partition coefficient (Wildman–Crippen LogP) is 7.16. The van der Waals surface area contributed by atoms with Crippen LogP contribution in [0.25, 0.3) is 10.9 Å². The maximum atomic E-state index is 14.9. The molecule has 34 heavy (non-hydrogen) atoms. The van der Waals surface area contributed by atoms with Crippen LogP contribution >= 0.6 is 0 Å².